The van der Waals surface area contributed by atoms with E-state index >= 15 is 0 Å². The topological polar surface area (TPSA) is 52.6 Å². The van der Waals surface area contributed by atoms with Crippen LogP contribution in [-0.2, 0) is 19.1 Å². The zero-order valence-corrected chi connectivity index (χ0v) is 20.7. The second-order valence-electron chi connectivity index (χ2n) is 8.94. The maximum absolute atomic E-state index is 13.0. The minimum absolute atomic E-state index is 0.360. The lowest BCUT2D eigenvalue weighted by molar-refractivity contribution is -0.150. The normalized spacial score (nSPS) is 18.3. The highest BCUT2D eigenvalue weighted by molar-refractivity contribution is 5.97. The van der Waals surface area contributed by atoms with Crippen LogP contribution in [0.3, 0.4) is 0 Å². The first kappa shape index (κ1) is 27.2. The molecule has 0 bridgehead atoms. The van der Waals surface area contributed by atoms with Crippen LogP contribution in [0.25, 0.3) is 0 Å². The molecule has 3 atom stereocenters. The fourth-order valence-electron chi connectivity index (χ4n) is 3.88. The molecule has 0 saturated carbocycles. The predicted molar refractivity (Wildman–Crippen MR) is 128 cm³/mol. The van der Waals surface area contributed by atoms with E-state index in [1.165, 1.54) is 0 Å². The minimum Gasteiger partial charge on any atom is -0.465 e. The number of carbonyl (C=O) groups is 2. The predicted octanol–water partition coefficient (Wildman–Crippen LogP) is 6.95. The van der Waals surface area contributed by atoms with Crippen molar-refractivity contribution < 1.29 is 19.1 Å². The summed E-state index contributed by atoms with van der Waals surface area (Å²) in [5.41, 5.74) is 2.26. The summed E-state index contributed by atoms with van der Waals surface area (Å²) in [5.74, 6) is -0.769. The van der Waals surface area contributed by atoms with E-state index in [-0.39, 0.29) is 5.97 Å². The average molecular weight is 433 g/mol. The summed E-state index contributed by atoms with van der Waals surface area (Å²) in [7, 11) is 0. The quantitative estimate of drug-likeness (QED) is 0.279. The molecule has 1 rings (SSSR count). The fraction of sp³-hybridized carbons (Fsp3) is 0.704. The molecule has 4 heteroatoms. The maximum atomic E-state index is 13.0. The molecule has 0 aliphatic heterocycles. The highest BCUT2D eigenvalue weighted by Gasteiger charge is 2.30. The number of hydrogen-bond acceptors (Lipinski definition) is 4. The van der Waals surface area contributed by atoms with Gasteiger partial charge in [0, 0.05) is 0 Å². The Morgan fingerprint density at radius 2 is 1.39 bits per heavy atom. The summed E-state index contributed by atoms with van der Waals surface area (Å²) in [5, 5.41) is 0. The summed E-state index contributed by atoms with van der Waals surface area (Å²) in [6.45, 7) is 13.3. The fourth-order valence-corrected chi connectivity index (χ4v) is 3.88. The second kappa shape index (κ2) is 15.0. The van der Waals surface area contributed by atoms with Crippen LogP contribution in [0.15, 0.2) is 34.9 Å². The van der Waals surface area contributed by atoms with E-state index in [0.29, 0.717) is 30.6 Å². The summed E-state index contributed by atoms with van der Waals surface area (Å²) in [6.07, 6.45) is 14.2. The third-order valence-electron chi connectivity index (χ3n) is 6.09. The largest absolute Gasteiger partial charge is 0.465 e. The van der Waals surface area contributed by atoms with Crippen LogP contribution >= 0.6 is 0 Å². The number of hydrogen-bond donors (Lipinski definition) is 0. The zero-order chi connectivity index (χ0) is 23.2. The molecular formula is C27H44O4. The average Bonchev–Trinajstić information content (AvgIpc) is 2.91. The number of rotatable bonds is 14. The number of carbonyl (C=O) groups excluding carboxylic acids is 2. The molecule has 0 amide bonds. The van der Waals surface area contributed by atoms with Gasteiger partial charge in [-0.15, -0.1) is 0 Å². The molecule has 0 fully saturated rings. The highest BCUT2D eigenvalue weighted by Crippen LogP contribution is 2.26. The molecule has 176 valence electrons. The van der Waals surface area contributed by atoms with Gasteiger partial charge in [0.2, 0.25) is 0 Å². The smallest absolute Gasteiger partial charge is 0.335 e. The molecule has 3 unspecified atom stereocenters. The lowest BCUT2D eigenvalue weighted by Crippen LogP contribution is -2.26. The van der Waals surface area contributed by atoms with Crippen LogP contribution in [0.5, 0.6) is 0 Å². The Balaban J connectivity index is 2.89. The van der Waals surface area contributed by atoms with Gasteiger partial charge in [-0.25, -0.2) is 4.79 Å². The molecule has 31 heavy (non-hydrogen) atoms. The Morgan fingerprint density at radius 1 is 0.839 bits per heavy atom. The number of esters is 2. The van der Waals surface area contributed by atoms with Gasteiger partial charge in [-0.1, -0.05) is 89.5 Å². The highest BCUT2D eigenvalue weighted by atomic mass is 16.5. The van der Waals surface area contributed by atoms with E-state index in [9.17, 15) is 9.59 Å². The lowest BCUT2D eigenvalue weighted by Gasteiger charge is -2.20. The van der Waals surface area contributed by atoms with Gasteiger partial charge >= 0.3 is 11.9 Å². The lowest BCUT2D eigenvalue weighted by atomic mass is 9.96. The number of allylic oxidation sites excluding steroid dienone is 4. The van der Waals surface area contributed by atoms with E-state index < -0.39 is 11.9 Å². The SMILES string of the molecule is CCCCC(CC)COC(=O)C1=CC(C)=CC(C)=CC1C(=O)OCC(CC)CCCC. The Bertz CT molecular complexity index is 656. The first-order chi connectivity index (χ1) is 14.9. The van der Waals surface area contributed by atoms with Crippen LogP contribution < -0.4 is 0 Å². The second-order valence-corrected chi connectivity index (χ2v) is 8.94. The van der Waals surface area contributed by atoms with Gasteiger partial charge < -0.3 is 9.47 Å². The Morgan fingerprint density at radius 3 is 1.90 bits per heavy atom. The molecule has 0 saturated heterocycles. The van der Waals surface area contributed by atoms with E-state index in [0.717, 1.165) is 62.5 Å². The Kier molecular flexibility index (Phi) is 13.2. The third kappa shape index (κ3) is 9.88. The van der Waals surface area contributed by atoms with Crippen LogP contribution in [0.1, 0.15) is 92.9 Å². The Labute approximate surface area is 190 Å². The van der Waals surface area contributed by atoms with Crippen molar-refractivity contribution in [3.05, 3.63) is 34.9 Å². The minimum atomic E-state index is -0.722. The van der Waals surface area contributed by atoms with Crippen molar-refractivity contribution in [3.63, 3.8) is 0 Å². The molecule has 0 heterocycles. The van der Waals surface area contributed by atoms with Crippen LogP contribution in [-0.4, -0.2) is 25.2 Å². The van der Waals surface area contributed by atoms with Crippen molar-refractivity contribution in [1.29, 1.82) is 0 Å². The van der Waals surface area contributed by atoms with Crippen LogP contribution in [0.4, 0.5) is 0 Å². The number of ether oxygens (including phenoxy) is 2. The zero-order valence-electron chi connectivity index (χ0n) is 20.7. The van der Waals surface area contributed by atoms with Gasteiger partial charge in [0.1, 0.15) is 5.92 Å². The van der Waals surface area contributed by atoms with E-state index in [2.05, 4.69) is 27.7 Å². The van der Waals surface area contributed by atoms with Crippen molar-refractivity contribution >= 4 is 11.9 Å². The van der Waals surface area contributed by atoms with Gasteiger partial charge in [0.05, 0.1) is 18.8 Å². The van der Waals surface area contributed by atoms with Crippen LogP contribution in [0.2, 0.25) is 0 Å². The van der Waals surface area contributed by atoms with Crippen LogP contribution in [0, 0.1) is 17.8 Å². The molecule has 1 aliphatic carbocycles. The van der Waals surface area contributed by atoms with Crippen molar-refractivity contribution in [2.24, 2.45) is 17.8 Å². The van der Waals surface area contributed by atoms with Crippen molar-refractivity contribution in [2.75, 3.05) is 13.2 Å². The molecule has 0 spiro atoms. The molecule has 4 nitrogen and oxygen atoms in total. The van der Waals surface area contributed by atoms with E-state index in [4.69, 9.17) is 9.47 Å². The first-order valence-corrected chi connectivity index (χ1v) is 12.3. The van der Waals surface area contributed by atoms with Gasteiger partial charge in [0.25, 0.3) is 0 Å². The van der Waals surface area contributed by atoms with Crippen molar-refractivity contribution in [1.82, 2.24) is 0 Å². The monoisotopic (exact) mass is 432 g/mol. The molecule has 0 N–H and O–H groups in total. The van der Waals surface area contributed by atoms with Gasteiger partial charge in [-0.2, -0.15) is 0 Å². The summed E-state index contributed by atoms with van der Waals surface area (Å²) in [6, 6.07) is 0. The molecule has 0 aromatic carbocycles. The number of unbranched alkanes of at least 4 members (excludes halogenated alkanes) is 2. The summed E-state index contributed by atoms with van der Waals surface area (Å²) < 4.78 is 11.4. The van der Waals surface area contributed by atoms with E-state index in [1.807, 2.05) is 26.0 Å². The molecule has 1 aliphatic rings. The Hall–Kier alpha value is -1.84. The molecular weight excluding hydrogens is 388 g/mol. The van der Waals surface area contributed by atoms with Gasteiger partial charge in [0.15, 0.2) is 0 Å². The standard InChI is InChI=1S/C27H44O4/c1-7-11-13-22(9-3)18-30-26(28)24-16-20(5)15-21(6)17-25(24)27(29)31-19-23(10-4)14-12-8-2/h15-17,22-24H,7-14,18-19H2,1-6H3. The van der Waals surface area contributed by atoms with Gasteiger partial charge in [-0.3, -0.25) is 4.79 Å². The maximum Gasteiger partial charge on any atom is 0.335 e. The van der Waals surface area contributed by atoms with Crippen molar-refractivity contribution in [2.45, 2.75) is 92.9 Å². The van der Waals surface area contributed by atoms with Crippen molar-refractivity contribution in [3.8, 4) is 0 Å². The first-order valence-electron chi connectivity index (χ1n) is 12.3. The summed E-state index contributed by atoms with van der Waals surface area (Å²) >= 11 is 0. The van der Waals surface area contributed by atoms with Gasteiger partial charge in [-0.05, 0) is 44.6 Å². The molecule has 0 aromatic rings. The molecule has 0 aromatic heterocycles. The summed E-state index contributed by atoms with van der Waals surface area (Å²) in [4.78, 5) is 26.0. The van der Waals surface area contributed by atoms with E-state index in [1.54, 1.807) is 6.08 Å². The molecule has 0 radical (unpaired) electrons. The third-order valence-corrected chi connectivity index (χ3v) is 6.09.